The van der Waals surface area contributed by atoms with Crippen molar-refractivity contribution in [2.75, 3.05) is 0 Å². The van der Waals surface area contributed by atoms with Crippen LogP contribution in [0.2, 0.25) is 0 Å². The summed E-state index contributed by atoms with van der Waals surface area (Å²) in [6.07, 6.45) is 1.20. The van der Waals surface area contributed by atoms with Crippen LogP contribution in [0.25, 0.3) is 0 Å². The third-order valence-corrected chi connectivity index (χ3v) is 0.943. The van der Waals surface area contributed by atoms with Gasteiger partial charge in [-0.1, -0.05) is 0 Å². The summed E-state index contributed by atoms with van der Waals surface area (Å²) in [6, 6.07) is 3.65. The molecule has 0 saturated carbocycles. The molecule has 1 rings (SSSR count). The normalized spacial score (nSPS) is 9.30. The maximum absolute atomic E-state index is 12.4. The first-order valence-corrected chi connectivity index (χ1v) is 2.54. The molecule has 0 fully saturated rings. The lowest BCUT2D eigenvalue weighted by Gasteiger charge is -1.92. The Balaban J connectivity index is 3.15. The number of halogens is 1. The fraction of sp³-hybridized carbons (Fsp3) is 0. The molecule has 0 bridgehead atoms. The van der Waals surface area contributed by atoms with Gasteiger partial charge in [0, 0.05) is 12.3 Å². The van der Waals surface area contributed by atoms with Gasteiger partial charge < -0.3 is 5.73 Å². The van der Waals surface area contributed by atoms with Gasteiger partial charge in [-0.15, -0.1) is 0 Å². The Bertz CT molecular complexity index is 262. The monoisotopic (exact) mass is 139 g/mol. The molecule has 0 aromatic carbocycles. The van der Waals surface area contributed by atoms with Crippen molar-refractivity contribution in [2.45, 2.75) is 0 Å². The number of aromatic nitrogens is 1. The van der Waals surface area contributed by atoms with Gasteiger partial charge in [-0.25, -0.2) is 4.98 Å². The Morgan fingerprint density at radius 2 is 2.50 bits per heavy atom. The van der Waals surface area contributed by atoms with Gasteiger partial charge in [-0.3, -0.25) is 4.79 Å². The molecule has 0 aliphatic carbocycles. The smallest absolute Gasteiger partial charge is 0.253 e. The van der Waals surface area contributed by atoms with Crippen molar-refractivity contribution < 1.29 is 9.18 Å². The minimum absolute atomic E-state index is 0.303. The van der Waals surface area contributed by atoms with E-state index in [1.165, 1.54) is 12.3 Å². The molecule has 1 heterocycles. The van der Waals surface area contributed by atoms with Crippen LogP contribution in [0.4, 0.5) is 4.39 Å². The number of carbonyl (C=O) groups excluding carboxylic acids is 1. The third kappa shape index (κ3) is 1.10. The van der Waals surface area contributed by atoms with E-state index in [2.05, 4.69) is 11.1 Å². The fourth-order valence-electron chi connectivity index (χ4n) is 0.520. The number of hydrogen-bond donors (Lipinski definition) is 1. The molecular weight excluding hydrogens is 135 g/mol. The van der Waals surface area contributed by atoms with Gasteiger partial charge in [0.2, 0.25) is 5.95 Å². The third-order valence-electron chi connectivity index (χ3n) is 0.943. The number of carbonyl (C=O) groups is 1. The highest BCUT2D eigenvalue weighted by Gasteiger charge is 2.06. The molecule has 2 N–H and O–H groups in total. The number of hydrogen-bond acceptors (Lipinski definition) is 2. The van der Waals surface area contributed by atoms with E-state index in [1.807, 2.05) is 0 Å². The van der Waals surface area contributed by atoms with Gasteiger partial charge in [0.25, 0.3) is 5.91 Å². The van der Waals surface area contributed by atoms with E-state index in [1.54, 1.807) is 0 Å². The molecule has 3 nitrogen and oxygen atoms in total. The van der Waals surface area contributed by atoms with Gasteiger partial charge in [0.1, 0.15) is 5.56 Å². The summed E-state index contributed by atoms with van der Waals surface area (Å²) < 4.78 is 12.4. The number of amides is 1. The average Bonchev–Trinajstić information content (AvgIpc) is 1.88. The van der Waals surface area contributed by atoms with Crippen molar-refractivity contribution >= 4 is 5.91 Å². The topological polar surface area (TPSA) is 56.0 Å². The van der Waals surface area contributed by atoms with Crippen molar-refractivity contribution in [1.29, 1.82) is 0 Å². The number of nitrogens with two attached hydrogens (primary N) is 1. The van der Waals surface area contributed by atoms with Gasteiger partial charge in [-0.05, 0) is 6.07 Å². The van der Waals surface area contributed by atoms with Crippen LogP contribution in [0.5, 0.6) is 0 Å². The molecule has 10 heavy (non-hydrogen) atoms. The minimum Gasteiger partial charge on any atom is -0.365 e. The van der Waals surface area contributed by atoms with Crippen molar-refractivity contribution in [3.63, 3.8) is 0 Å². The second-order valence-corrected chi connectivity index (χ2v) is 1.62. The lowest BCUT2D eigenvalue weighted by atomic mass is 10.3. The Morgan fingerprint density at radius 1 is 1.80 bits per heavy atom. The minimum atomic E-state index is -0.880. The zero-order valence-electron chi connectivity index (χ0n) is 4.97. The number of rotatable bonds is 1. The average molecular weight is 139 g/mol. The van der Waals surface area contributed by atoms with Gasteiger partial charge in [0.15, 0.2) is 0 Å². The Labute approximate surface area is 56.7 Å². The molecule has 1 amide bonds. The van der Waals surface area contributed by atoms with Crippen LogP contribution in [-0.4, -0.2) is 10.9 Å². The van der Waals surface area contributed by atoms with Crippen molar-refractivity contribution in [1.82, 2.24) is 4.98 Å². The van der Waals surface area contributed by atoms with E-state index in [-0.39, 0.29) is 5.56 Å². The largest absolute Gasteiger partial charge is 0.365 e. The van der Waals surface area contributed by atoms with Crippen LogP contribution >= 0.6 is 0 Å². The summed E-state index contributed by atoms with van der Waals surface area (Å²) in [5.74, 6) is -1.74. The van der Waals surface area contributed by atoms with E-state index in [0.717, 1.165) is 0 Å². The summed E-state index contributed by atoms with van der Waals surface area (Å²) >= 11 is 0. The predicted molar refractivity (Wildman–Crippen MR) is 31.5 cm³/mol. The van der Waals surface area contributed by atoms with Crippen LogP contribution in [-0.2, 0) is 0 Å². The molecule has 0 spiro atoms. The summed E-state index contributed by atoms with van der Waals surface area (Å²) in [6.45, 7) is 0. The zero-order chi connectivity index (χ0) is 7.56. The van der Waals surface area contributed by atoms with E-state index >= 15 is 0 Å². The van der Waals surface area contributed by atoms with Gasteiger partial charge in [0.05, 0.1) is 0 Å². The van der Waals surface area contributed by atoms with Crippen LogP contribution < -0.4 is 5.73 Å². The Hall–Kier alpha value is -1.45. The Kier molecular flexibility index (Phi) is 1.62. The molecule has 0 atom stereocenters. The zero-order valence-corrected chi connectivity index (χ0v) is 4.97. The fourth-order valence-corrected chi connectivity index (χ4v) is 0.520. The standard InChI is InChI=1S/C6H4FN2O/c7-5-4(6(8)10)2-1-3-9-5/h1,3H,(H2,8,10). The number of pyridine rings is 1. The van der Waals surface area contributed by atoms with Gasteiger partial charge >= 0.3 is 0 Å². The van der Waals surface area contributed by atoms with E-state index < -0.39 is 11.9 Å². The highest BCUT2D eigenvalue weighted by atomic mass is 19.1. The van der Waals surface area contributed by atoms with Gasteiger partial charge in [-0.2, -0.15) is 4.39 Å². The first-order chi connectivity index (χ1) is 4.72. The molecule has 1 aromatic heterocycles. The maximum atomic E-state index is 12.4. The molecule has 0 aliphatic heterocycles. The molecule has 0 saturated heterocycles. The molecule has 1 aromatic rings. The molecule has 51 valence electrons. The second kappa shape index (κ2) is 2.43. The van der Waals surface area contributed by atoms with Crippen molar-refractivity contribution in [3.05, 3.63) is 29.8 Å². The van der Waals surface area contributed by atoms with Crippen molar-refractivity contribution in [3.8, 4) is 0 Å². The number of primary amides is 1. The predicted octanol–water partition coefficient (Wildman–Crippen LogP) is 0.120. The van der Waals surface area contributed by atoms with E-state index in [4.69, 9.17) is 5.73 Å². The molecule has 1 radical (unpaired) electrons. The lowest BCUT2D eigenvalue weighted by Crippen LogP contribution is -2.13. The first-order valence-electron chi connectivity index (χ1n) is 2.54. The summed E-state index contributed by atoms with van der Waals surface area (Å²) in [4.78, 5) is 13.5. The molecular formula is C6H4FN2O. The molecule has 0 aliphatic rings. The lowest BCUT2D eigenvalue weighted by molar-refractivity contribution is 0.0995. The molecule has 0 unspecified atom stereocenters. The second-order valence-electron chi connectivity index (χ2n) is 1.62. The molecule has 4 heteroatoms. The summed E-state index contributed by atoms with van der Waals surface area (Å²) in [5.41, 5.74) is 4.46. The summed E-state index contributed by atoms with van der Waals surface area (Å²) in [5, 5.41) is 0. The quantitative estimate of drug-likeness (QED) is 0.562. The SMILES string of the molecule is NC(=O)c1[c]ccnc1F. The van der Waals surface area contributed by atoms with Crippen LogP contribution in [0.3, 0.4) is 0 Å². The maximum Gasteiger partial charge on any atom is 0.253 e. The van der Waals surface area contributed by atoms with E-state index in [9.17, 15) is 9.18 Å². The Morgan fingerprint density at radius 3 is 2.90 bits per heavy atom. The van der Waals surface area contributed by atoms with Crippen LogP contribution in [0.1, 0.15) is 10.4 Å². The highest BCUT2D eigenvalue weighted by Crippen LogP contribution is 1.99. The summed E-state index contributed by atoms with van der Waals surface area (Å²) in [7, 11) is 0. The van der Waals surface area contributed by atoms with E-state index in [0.29, 0.717) is 0 Å². The number of nitrogens with zero attached hydrogens (tertiary/aromatic N) is 1. The van der Waals surface area contributed by atoms with Crippen LogP contribution in [0.15, 0.2) is 12.3 Å². The van der Waals surface area contributed by atoms with Crippen LogP contribution in [0, 0.1) is 12.0 Å². The van der Waals surface area contributed by atoms with Crippen molar-refractivity contribution in [2.24, 2.45) is 5.73 Å². The highest BCUT2D eigenvalue weighted by molar-refractivity contribution is 5.92. The first kappa shape index (κ1) is 6.67.